The number of amides is 1. The number of carbonyl (C=O) groups excluding carboxylic acids is 2. The number of hydrogen-bond acceptors (Lipinski definition) is 4. The Morgan fingerprint density at radius 3 is 2.62 bits per heavy atom. The van der Waals surface area contributed by atoms with Gasteiger partial charge in [-0.3, -0.25) is 9.59 Å². The first kappa shape index (κ1) is 23.7. The van der Waals surface area contributed by atoms with Crippen LogP contribution < -0.4 is 10.1 Å². The molecule has 1 aliphatic rings. The summed E-state index contributed by atoms with van der Waals surface area (Å²) in [6, 6.07) is 9.74. The first-order valence-electron chi connectivity index (χ1n) is 11.5. The highest BCUT2D eigenvalue weighted by Gasteiger charge is 2.16. The number of ketones is 1. The Morgan fingerprint density at radius 1 is 1.16 bits per heavy atom. The van der Waals surface area contributed by atoms with E-state index in [0.29, 0.717) is 36.6 Å². The second-order valence-electron chi connectivity index (χ2n) is 8.79. The third kappa shape index (κ3) is 6.78. The van der Waals surface area contributed by atoms with Crippen LogP contribution in [0.5, 0.6) is 5.88 Å². The highest BCUT2D eigenvalue weighted by atomic mass is 16.5. The number of methoxy groups -OCH3 is 1. The molecule has 0 aliphatic heterocycles. The Hall–Kier alpha value is -2.95. The number of ether oxygens (including phenoxy) is 1. The maximum absolute atomic E-state index is 12.9. The van der Waals surface area contributed by atoms with E-state index in [1.165, 1.54) is 25.7 Å². The molecule has 5 heteroatoms. The summed E-state index contributed by atoms with van der Waals surface area (Å²) in [5.41, 5.74) is 3.45. The standard InChI is InChI=1S/C27H34N2O3/c1-19-7-9-20(10-8-19)11-13-23-17-24(18-29-27(23)32-3)25(30)14-12-21-5-4-6-22(15-21)16-26(31)28-2/h4-6,11,13,15,17-20H,7-10,12,14,16H2,1-3H3,(H,28,31)/b13-11+. The van der Waals surface area contributed by atoms with Crippen LogP contribution in [0.15, 0.2) is 42.6 Å². The molecule has 1 aliphatic carbocycles. The number of likely N-dealkylation sites (N-methyl/N-ethyl adjacent to an activating group) is 1. The van der Waals surface area contributed by atoms with Crippen molar-refractivity contribution in [1.29, 1.82) is 0 Å². The third-order valence-electron chi connectivity index (χ3n) is 6.28. The summed E-state index contributed by atoms with van der Waals surface area (Å²) in [5.74, 6) is 1.98. The van der Waals surface area contributed by atoms with Crippen LogP contribution >= 0.6 is 0 Å². The Morgan fingerprint density at radius 2 is 1.91 bits per heavy atom. The molecule has 0 saturated heterocycles. The van der Waals surface area contributed by atoms with Crippen molar-refractivity contribution in [1.82, 2.24) is 10.3 Å². The minimum Gasteiger partial charge on any atom is -0.481 e. The molecule has 2 aromatic rings. The molecule has 1 aromatic carbocycles. The van der Waals surface area contributed by atoms with E-state index < -0.39 is 0 Å². The number of hydrogen-bond donors (Lipinski definition) is 1. The summed E-state index contributed by atoms with van der Waals surface area (Å²) >= 11 is 0. The van der Waals surface area contributed by atoms with E-state index in [4.69, 9.17) is 4.74 Å². The van der Waals surface area contributed by atoms with Crippen LogP contribution in [0.25, 0.3) is 6.08 Å². The number of rotatable bonds is 9. The van der Waals surface area contributed by atoms with E-state index in [-0.39, 0.29) is 11.7 Å². The summed E-state index contributed by atoms with van der Waals surface area (Å²) in [5, 5.41) is 2.64. The number of nitrogens with one attached hydrogen (secondary N) is 1. The van der Waals surface area contributed by atoms with Gasteiger partial charge in [0.1, 0.15) is 0 Å². The fraction of sp³-hybridized carbons (Fsp3) is 0.444. The summed E-state index contributed by atoms with van der Waals surface area (Å²) in [7, 11) is 3.24. The Bertz CT molecular complexity index is 959. The lowest BCUT2D eigenvalue weighted by atomic mass is 9.83. The predicted molar refractivity (Wildman–Crippen MR) is 128 cm³/mol. The predicted octanol–water partition coefficient (Wildman–Crippen LogP) is 5.03. The highest BCUT2D eigenvalue weighted by Crippen LogP contribution is 2.30. The molecule has 1 fully saturated rings. The largest absolute Gasteiger partial charge is 0.481 e. The molecule has 0 atom stereocenters. The summed E-state index contributed by atoms with van der Waals surface area (Å²) in [4.78, 5) is 28.8. The van der Waals surface area contributed by atoms with Crippen molar-refractivity contribution < 1.29 is 14.3 Å². The van der Waals surface area contributed by atoms with Crippen LogP contribution in [0.2, 0.25) is 0 Å². The van der Waals surface area contributed by atoms with E-state index in [0.717, 1.165) is 22.6 Å². The molecular formula is C27H34N2O3. The number of carbonyl (C=O) groups is 2. The van der Waals surface area contributed by atoms with Gasteiger partial charge < -0.3 is 10.1 Å². The lowest BCUT2D eigenvalue weighted by Crippen LogP contribution is -2.19. The van der Waals surface area contributed by atoms with E-state index in [9.17, 15) is 9.59 Å². The number of allylic oxidation sites excluding steroid dienone is 1. The average Bonchev–Trinajstić information content (AvgIpc) is 2.82. The van der Waals surface area contributed by atoms with Gasteiger partial charge in [-0.05, 0) is 48.3 Å². The average molecular weight is 435 g/mol. The molecule has 0 unspecified atom stereocenters. The molecule has 32 heavy (non-hydrogen) atoms. The van der Waals surface area contributed by atoms with Gasteiger partial charge >= 0.3 is 0 Å². The first-order valence-corrected chi connectivity index (χ1v) is 11.5. The number of aromatic nitrogens is 1. The van der Waals surface area contributed by atoms with Crippen molar-refractivity contribution in [2.75, 3.05) is 14.2 Å². The molecule has 170 valence electrons. The molecule has 3 rings (SSSR count). The van der Waals surface area contributed by atoms with Gasteiger partial charge in [0.05, 0.1) is 13.5 Å². The lowest BCUT2D eigenvalue weighted by molar-refractivity contribution is -0.119. The molecule has 1 N–H and O–H groups in total. The monoisotopic (exact) mass is 434 g/mol. The van der Waals surface area contributed by atoms with Crippen LogP contribution in [0.1, 0.15) is 66.1 Å². The first-order chi connectivity index (χ1) is 15.5. The molecular weight excluding hydrogens is 400 g/mol. The molecule has 1 amide bonds. The van der Waals surface area contributed by atoms with Crippen LogP contribution in [-0.2, 0) is 17.6 Å². The van der Waals surface area contributed by atoms with Crippen LogP contribution in [-0.4, -0.2) is 30.8 Å². The van der Waals surface area contributed by atoms with E-state index in [1.54, 1.807) is 20.4 Å². The van der Waals surface area contributed by atoms with Gasteiger partial charge in [0.2, 0.25) is 11.8 Å². The second-order valence-corrected chi connectivity index (χ2v) is 8.79. The number of benzene rings is 1. The molecule has 0 bridgehead atoms. The van der Waals surface area contributed by atoms with Crippen LogP contribution in [0.4, 0.5) is 0 Å². The van der Waals surface area contributed by atoms with Gasteiger partial charge in [-0.2, -0.15) is 0 Å². The highest BCUT2D eigenvalue weighted by molar-refractivity contribution is 5.96. The quantitative estimate of drug-likeness (QED) is 0.562. The van der Waals surface area contributed by atoms with Gasteiger partial charge in [0.15, 0.2) is 5.78 Å². The summed E-state index contributed by atoms with van der Waals surface area (Å²) < 4.78 is 5.41. The fourth-order valence-corrected chi connectivity index (χ4v) is 4.20. The summed E-state index contributed by atoms with van der Waals surface area (Å²) in [6.07, 6.45) is 12.2. The fourth-order valence-electron chi connectivity index (χ4n) is 4.20. The summed E-state index contributed by atoms with van der Waals surface area (Å²) in [6.45, 7) is 2.32. The number of aryl methyl sites for hydroxylation is 1. The van der Waals surface area contributed by atoms with Crippen LogP contribution in [0, 0.1) is 11.8 Å². The van der Waals surface area contributed by atoms with Gasteiger partial charge in [0, 0.05) is 30.8 Å². The topological polar surface area (TPSA) is 68.3 Å². The smallest absolute Gasteiger partial charge is 0.224 e. The SMILES string of the molecule is CNC(=O)Cc1cccc(CCC(=O)c2cnc(OC)c(/C=C/C3CCC(C)CC3)c2)c1. The van der Waals surface area contributed by atoms with E-state index >= 15 is 0 Å². The van der Waals surface area contributed by atoms with Gasteiger partial charge in [-0.15, -0.1) is 0 Å². The lowest BCUT2D eigenvalue weighted by Gasteiger charge is -2.23. The molecule has 0 spiro atoms. The van der Waals surface area contributed by atoms with Crippen molar-refractivity contribution >= 4 is 17.8 Å². The van der Waals surface area contributed by atoms with Gasteiger partial charge in [-0.25, -0.2) is 4.98 Å². The maximum atomic E-state index is 12.9. The van der Waals surface area contributed by atoms with E-state index in [2.05, 4.69) is 29.4 Å². The maximum Gasteiger partial charge on any atom is 0.224 e. The molecule has 1 aromatic heterocycles. The van der Waals surface area contributed by atoms with Crippen molar-refractivity contribution in [2.24, 2.45) is 11.8 Å². The molecule has 1 saturated carbocycles. The minimum absolute atomic E-state index is 0.0224. The second kappa shape index (κ2) is 11.6. The molecule has 0 radical (unpaired) electrons. The molecule has 5 nitrogen and oxygen atoms in total. The van der Waals surface area contributed by atoms with Crippen molar-refractivity contribution in [3.63, 3.8) is 0 Å². The van der Waals surface area contributed by atoms with E-state index in [1.807, 2.05) is 30.3 Å². The zero-order chi connectivity index (χ0) is 22.9. The zero-order valence-electron chi connectivity index (χ0n) is 19.4. The third-order valence-corrected chi connectivity index (χ3v) is 6.28. The number of pyridine rings is 1. The minimum atomic E-state index is -0.0224. The van der Waals surface area contributed by atoms with Gasteiger partial charge in [-0.1, -0.05) is 56.2 Å². The van der Waals surface area contributed by atoms with Gasteiger partial charge in [0.25, 0.3) is 0 Å². The normalized spacial score (nSPS) is 18.5. The number of Topliss-reactive ketones (excluding diaryl/α,β-unsaturated/α-hetero) is 1. The Labute approximate surface area is 191 Å². The van der Waals surface area contributed by atoms with Crippen molar-refractivity contribution in [2.45, 2.75) is 51.9 Å². The van der Waals surface area contributed by atoms with Crippen molar-refractivity contribution in [3.05, 3.63) is 64.9 Å². The Kier molecular flexibility index (Phi) is 8.60. The molecule has 1 heterocycles. The van der Waals surface area contributed by atoms with Crippen molar-refractivity contribution in [3.8, 4) is 5.88 Å². The zero-order valence-corrected chi connectivity index (χ0v) is 19.4. The van der Waals surface area contributed by atoms with Crippen LogP contribution in [0.3, 0.4) is 0 Å². The Balaban J connectivity index is 1.64. The number of nitrogens with zero attached hydrogens (tertiary/aromatic N) is 1.